The number of nitrogens with zero attached hydrogens (tertiary/aromatic N) is 1. The van der Waals surface area contributed by atoms with Crippen molar-refractivity contribution in [3.05, 3.63) is 58.7 Å². The Bertz CT molecular complexity index is 812. The van der Waals surface area contributed by atoms with Crippen LogP contribution < -0.4 is 5.32 Å². The lowest BCUT2D eigenvalue weighted by Crippen LogP contribution is -2.15. The van der Waals surface area contributed by atoms with Gasteiger partial charge in [-0.1, -0.05) is 24.3 Å². The van der Waals surface area contributed by atoms with Crippen molar-refractivity contribution in [2.24, 2.45) is 0 Å². The Morgan fingerprint density at radius 1 is 1.13 bits per heavy atom. The average molecular weight is 308 g/mol. The fraction of sp³-hybridized carbons (Fsp3) is 0.111. The minimum absolute atomic E-state index is 0.0993. The number of phenols is 2. The molecular formula is C18H16N2O3. The summed E-state index contributed by atoms with van der Waals surface area (Å²) in [6, 6.07) is 11.5. The minimum atomic E-state index is -0.530. The van der Waals surface area contributed by atoms with Gasteiger partial charge in [-0.2, -0.15) is 5.26 Å². The molecule has 0 fully saturated rings. The summed E-state index contributed by atoms with van der Waals surface area (Å²) in [6.45, 7) is 3.74. The van der Waals surface area contributed by atoms with Gasteiger partial charge in [0.1, 0.15) is 11.6 Å². The van der Waals surface area contributed by atoms with E-state index in [2.05, 4.69) is 5.32 Å². The lowest BCUT2D eigenvalue weighted by Gasteiger charge is -2.11. The Morgan fingerprint density at radius 3 is 2.35 bits per heavy atom. The second-order valence-corrected chi connectivity index (χ2v) is 5.14. The van der Waals surface area contributed by atoms with Crippen molar-refractivity contribution in [2.75, 3.05) is 5.32 Å². The molecule has 0 bridgehead atoms. The summed E-state index contributed by atoms with van der Waals surface area (Å²) in [5.74, 6) is -1.11. The van der Waals surface area contributed by atoms with Crippen LogP contribution in [-0.4, -0.2) is 16.1 Å². The summed E-state index contributed by atoms with van der Waals surface area (Å²) < 4.78 is 0. The number of carbonyl (C=O) groups is 1. The summed E-state index contributed by atoms with van der Waals surface area (Å²) in [5.41, 5.74) is 2.81. The van der Waals surface area contributed by atoms with Crippen molar-refractivity contribution in [3.63, 3.8) is 0 Å². The van der Waals surface area contributed by atoms with E-state index in [4.69, 9.17) is 0 Å². The third-order valence-corrected chi connectivity index (χ3v) is 3.40. The van der Waals surface area contributed by atoms with Crippen molar-refractivity contribution >= 4 is 17.7 Å². The van der Waals surface area contributed by atoms with Crippen LogP contribution in [-0.2, 0) is 4.79 Å². The number of anilines is 1. The summed E-state index contributed by atoms with van der Waals surface area (Å²) in [7, 11) is 0. The van der Waals surface area contributed by atoms with Gasteiger partial charge in [-0.25, -0.2) is 0 Å². The van der Waals surface area contributed by atoms with Crippen LogP contribution in [0.2, 0.25) is 0 Å². The molecule has 2 aromatic rings. The van der Waals surface area contributed by atoms with Crippen LogP contribution in [0.5, 0.6) is 11.5 Å². The Balaban J connectivity index is 2.30. The Morgan fingerprint density at radius 2 is 1.78 bits per heavy atom. The van der Waals surface area contributed by atoms with Crippen molar-refractivity contribution in [1.82, 2.24) is 0 Å². The van der Waals surface area contributed by atoms with Crippen LogP contribution in [0.1, 0.15) is 16.7 Å². The van der Waals surface area contributed by atoms with Crippen LogP contribution in [0.25, 0.3) is 6.08 Å². The van der Waals surface area contributed by atoms with Gasteiger partial charge in [-0.15, -0.1) is 0 Å². The van der Waals surface area contributed by atoms with Gasteiger partial charge in [-0.3, -0.25) is 4.79 Å². The number of nitrogens with one attached hydrogen (secondary N) is 1. The van der Waals surface area contributed by atoms with Crippen LogP contribution in [0.15, 0.2) is 42.0 Å². The molecule has 23 heavy (non-hydrogen) atoms. The first-order chi connectivity index (χ1) is 10.9. The third kappa shape index (κ3) is 3.69. The van der Waals surface area contributed by atoms with E-state index >= 15 is 0 Å². The fourth-order valence-electron chi connectivity index (χ4n) is 2.14. The van der Waals surface area contributed by atoms with Gasteiger partial charge in [0, 0.05) is 5.69 Å². The van der Waals surface area contributed by atoms with Crippen molar-refractivity contribution in [3.8, 4) is 17.6 Å². The van der Waals surface area contributed by atoms with Gasteiger partial charge in [-0.05, 0) is 48.7 Å². The van der Waals surface area contributed by atoms with Gasteiger partial charge in [0.15, 0.2) is 11.5 Å². The molecule has 116 valence electrons. The highest BCUT2D eigenvalue weighted by Crippen LogP contribution is 2.26. The predicted octanol–water partition coefficient (Wildman–Crippen LogP) is 3.26. The highest BCUT2D eigenvalue weighted by Gasteiger charge is 2.12. The minimum Gasteiger partial charge on any atom is -0.504 e. The zero-order valence-corrected chi connectivity index (χ0v) is 12.8. The lowest BCUT2D eigenvalue weighted by atomic mass is 10.1. The zero-order chi connectivity index (χ0) is 17.0. The molecule has 0 radical (unpaired) electrons. The smallest absolute Gasteiger partial charge is 0.266 e. The van der Waals surface area contributed by atoms with E-state index in [-0.39, 0.29) is 17.1 Å². The number of rotatable bonds is 3. The van der Waals surface area contributed by atoms with Gasteiger partial charge < -0.3 is 15.5 Å². The van der Waals surface area contributed by atoms with E-state index in [0.717, 1.165) is 11.1 Å². The normalized spacial score (nSPS) is 10.9. The summed E-state index contributed by atoms with van der Waals surface area (Å²) in [6.07, 6.45) is 1.35. The maximum absolute atomic E-state index is 12.3. The van der Waals surface area contributed by atoms with Crippen LogP contribution in [0.4, 0.5) is 5.69 Å². The standard InChI is InChI=1S/C18H16N2O3/c1-11-4-3-5-12(2)17(11)20-18(23)14(10-19)8-13-6-7-15(21)16(22)9-13/h3-9,21-22H,1-2H3,(H,20,23)/b14-8-. The molecule has 0 aromatic heterocycles. The number of hydrogen-bond acceptors (Lipinski definition) is 4. The number of benzene rings is 2. The van der Waals surface area contributed by atoms with Crippen molar-refractivity contribution < 1.29 is 15.0 Å². The zero-order valence-electron chi connectivity index (χ0n) is 12.8. The van der Waals surface area contributed by atoms with E-state index in [9.17, 15) is 20.3 Å². The molecule has 0 atom stereocenters. The number of carbonyl (C=O) groups excluding carboxylic acids is 1. The number of para-hydroxylation sites is 1. The first kappa shape index (κ1) is 16.1. The predicted molar refractivity (Wildman–Crippen MR) is 87.9 cm³/mol. The van der Waals surface area contributed by atoms with Gasteiger partial charge in [0.05, 0.1) is 0 Å². The molecule has 3 N–H and O–H groups in total. The van der Waals surface area contributed by atoms with E-state index in [1.165, 1.54) is 24.3 Å². The summed E-state index contributed by atoms with van der Waals surface area (Å²) in [5, 5.41) is 30.7. The molecule has 0 saturated heterocycles. The number of aryl methyl sites for hydroxylation is 2. The topological polar surface area (TPSA) is 93.4 Å². The van der Waals surface area contributed by atoms with Gasteiger partial charge in [0.25, 0.3) is 5.91 Å². The molecule has 5 nitrogen and oxygen atoms in total. The second kappa shape index (κ2) is 6.67. The molecule has 1 amide bonds. The molecular weight excluding hydrogens is 292 g/mol. The first-order valence-corrected chi connectivity index (χ1v) is 6.93. The second-order valence-electron chi connectivity index (χ2n) is 5.14. The Hall–Kier alpha value is -3.26. The third-order valence-electron chi connectivity index (χ3n) is 3.40. The largest absolute Gasteiger partial charge is 0.504 e. The van der Waals surface area contributed by atoms with Crippen LogP contribution >= 0.6 is 0 Å². The molecule has 0 aliphatic rings. The molecule has 0 saturated carbocycles. The number of phenolic OH excluding ortho intramolecular Hbond substituents is 2. The number of aromatic hydroxyl groups is 2. The Labute approximate surface area is 134 Å². The molecule has 2 rings (SSSR count). The average Bonchev–Trinajstić information content (AvgIpc) is 2.52. The molecule has 0 aliphatic carbocycles. The molecule has 0 unspecified atom stereocenters. The Kier molecular flexibility index (Phi) is 4.67. The highest BCUT2D eigenvalue weighted by atomic mass is 16.3. The maximum atomic E-state index is 12.3. The van der Waals surface area contributed by atoms with E-state index in [1.54, 1.807) is 0 Å². The molecule has 5 heteroatoms. The number of nitriles is 1. The first-order valence-electron chi connectivity index (χ1n) is 6.93. The van der Waals surface area contributed by atoms with Crippen LogP contribution in [0.3, 0.4) is 0 Å². The lowest BCUT2D eigenvalue weighted by molar-refractivity contribution is -0.112. The van der Waals surface area contributed by atoms with Crippen molar-refractivity contribution in [2.45, 2.75) is 13.8 Å². The van der Waals surface area contributed by atoms with Gasteiger partial charge in [0.2, 0.25) is 0 Å². The van der Waals surface area contributed by atoms with E-state index < -0.39 is 5.91 Å². The fourth-order valence-corrected chi connectivity index (χ4v) is 2.14. The molecule has 0 spiro atoms. The summed E-state index contributed by atoms with van der Waals surface area (Å²) in [4.78, 5) is 12.3. The number of amides is 1. The molecule has 2 aromatic carbocycles. The molecule has 0 aliphatic heterocycles. The molecule has 0 heterocycles. The van der Waals surface area contributed by atoms with E-state index in [0.29, 0.717) is 11.3 Å². The van der Waals surface area contributed by atoms with Crippen LogP contribution in [0, 0.1) is 25.2 Å². The van der Waals surface area contributed by atoms with Gasteiger partial charge >= 0.3 is 0 Å². The maximum Gasteiger partial charge on any atom is 0.266 e. The quantitative estimate of drug-likeness (QED) is 0.461. The highest BCUT2D eigenvalue weighted by molar-refractivity contribution is 6.10. The monoisotopic (exact) mass is 308 g/mol. The SMILES string of the molecule is Cc1cccc(C)c1NC(=O)/C(C#N)=C\c1ccc(O)c(O)c1. The number of hydrogen-bond donors (Lipinski definition) is 3. The van der Waals surface area contributed by atoms with Crippen molar-refractivity contribution in [1.29, 1.82) is 5.26 Å². The summed E-state index contributed by atoms with van der Waals surface area (Å²) >= 11 is 0. The van der Waals surface area contributed by atoms with E-state index in [1.807, 2.05) is 38.1 Å².